The number of hydrogen-bond acceptors (Lipinski definition) is 13. The van der Waals surface area contributed by atoms with Crippen LogP contribution in [-0.4, -0.2) is 59.1 Å². The maximum Gasteiger partial charge on any atom is 0.349 e. The molecule has 0 saturated carbocycles. The Morgan fingerprint density at radius 2 is 0.722 bits per heavy atom. The van der Waals surface area contributed by atoms with E-state index >= 15 is 0 Å². The van der Waals surface area contributed by atoms with Crippen LogP contribution in [0, 0.1) is 50.2 Å². The van der Waals surface area contributed by atoms with Crippen LogP contribution in [0.5, 0.6) is 17.2 Å². The van der Waals surface area contributed by atoms with Gasteiger partial charge in [0.05, 0.1) is 41.2 Å². The summed E-state index contributed by atoms with van der Waals surface area (Å²) in [5.41, 5.74) is 8.85. The Morgan fingerprint density at radius 1 is 0.456 bits per heavy atom. The van der Waals surface area contributed by atoms with E-state index in [1.807, 2.05) is 109 Å². The highest BCUT2D eigenvalue weighted by molar-refractivity contribution is 5.96. The maximum absolute atomic E-state index is 12.8. The summed E-state index contributed by atoms with van der Waals surface area (Å²) in [5.74, 6) is -0.103. The largest absolute Gasteiger partial charge is 0.496 e. The van der Waals surface area contributed by atoms with Gasteiger partial charge in [-0.2, -0.15) is 15.8 Å². The van der Waals surface area contributed by atoms with E-state index in [-0.39, 0.29) is 52.8 Å². The fourth-order valence-corrected chi connectivity index (χ4v) is 10.5. The van der Waals surface area contributed by atoms with Gasteiger partial charge in [0.1, 0.15) is 52.2 Å². The Labute approximate surface area is 466 Å². The molecule has 3 aromatic rings. The molecular formula is C66H72N4O9. The highest BCUT2D eigenvalue weighted by Crippen LogP contribution is 2.45. The predicted molar refractivity (Wildman–Crippen MR) is 309 cm³/mol. The molecule has 0 atom stereocenters. The van der Waals surface area contributed by atoms with Crippen LogP contribution in [0.25, 0.3) is 18.2 Å². The fraction of sp³-hybridized carbons (Fsp3) is 0.364. The van der Waals surface area contributed by atoms with Crippen molar-refractivity contribution >= 4 is 53.2 Å². The van der Waals surface area contributed by atoms with Crippen LogP contribution in [0.1, 0.15) is 118 Å². The average Bonchev–Trinajstić information content (AvgIpc) is 3.46. The Kier molecular flexibility index (Phi) is 19.8. The maximum atomic E-state index is 12.8. The second-order valence-electron chi connectivity index (χ2n) is 22.0. The second-order valence-corrected chi connectivity index (χ2v) is 22.0. The van der Waals surface area contributed by atoms with Crippen LogP contribution in [0.2, 0.25) is 0 Å². The first-order valence-corrected chi connectivity index (χ1v) is 26.6. The molecule has 0 aromatic heterocycles. The number of carbonyl (C=O) groups is 3. The first-order chi connectivity index (χ1) is 37.6. The first kappa shape index (κ1) is 59.6. The van der Waals surface area contributed by atoms with Gasteiger partial charge in [-0.05, 0) is 145 Å². The van der Waals surface area contributed by atoms with Crippen molar-refractivity contribution < 1.29 is 42.8 Å². The number of rotatable bonds is 18. The molecule has 3 aromatic carbocycles. The van der Waals surface area contributed by atoms with Crippen molar-refractivity contribution in [2.24, 2.45) is 16.2 Å². The fourth-order valence-electron chi connectivity index (χ4n) is 10.5. The molecule has 0 aliphatic heterocycles. The van der Waals surface area contributed by atoms with Gasteiger partial charge in [-0.1, -0.05) is 96.2 Å². The van der Waals surface area contributed by atoms with Crippen molar-refractivity contribution in [2.45, 2.75) is 101 Å². The SMILES string of the molecule is CCOC(=O)/C(C#N)=C1C=C(/C=C/c2ccc(N(c3ccc(/C=C/C4=CC(=C(\C#N)C(=O)OCC)/CC(C)(C)C4)c(OC)c3)c3ccc(/C=C/C4=CC(=C(\C#N)C(=O)OCC)/CC(C)(C)C4)c(OC)c3)cc2OC)CC(C)(C)C\1. The summed E-state index contributed by atoms with van der Waals surface area (Å²) in [4.78, 5) is 40.4. The minimum absolute atomic E-state index is 0.0168. The lowest BCUT2D eigenvalue weighted by Gasteiger charge is -2.31. The number of carbonyl (C=O) groups excluding carboxylic acids is 3. The summed E-state index contributed by atoms with van der Waals surface area (Å²) in [6.07, 6.45) is 21.5. The molecule has 79 heavy (non-hydrogen) atoms. The lowest BCUT2D eigenvalue weighted by molar-refractivity contribution is -0.139. The summed E-state index contributed by atoms with van der Waals surface area (Å²) in [5, 5.41) is 29.9. The molecule has 0 unspecified atom stereocenters. The Hall–Kier alpha value is -8.60. The zero-order valence-electron chi connectivity index (χ0n) is 47.7. The summed E-state index contributed by atoms with van der Waals surface area (Å²) in [6, 6.07) is 24.1. The van der Waals surface area contributed by atoms with Crippen molar-refractivity contribution in [2.75, 3.05) is 46.0 Å². The molecule has 0 radical (unpaired) electrons. The van der Waals surface area contributed by atoms with Crippen molar-refractivity contribution in [3.8, 4) is 35.5 Å². The number of methoxy groups -OCH3 is 3. The molecule has 6 rings (SSSR count). The standard InChI is InChI=1S/C66H72N4O9/c1-13-77-61(71)55(40-67)49-28-43(34-64(4,5)37-49)16-19-46-22-25-52(31-58(46)74-10)70(53-26-23-47(59(32-53)75-11)20-17-44-29-50(38-65(6,7)35-44)56(41-68)62(72)78-14-2)54-27-24-48(60(33-54)76-12)21-18-45-30-51(39-66(8,9)36-45)57(42-69)63(73)79-15-3/h16-33H,13-15,34-39H2,1-12H3/b19-16+,20-17+,21-18+,55-49-,56-50-,57-51+. The lowest BCUT2D eigenvalue weighted by atomic mass is 9.74. The smallest absolute Gasteiger partial charge is 0.349 e. The van der Waals surface area contributed by atoms with Crippen LogP contribution in [0.15, 0.2) is 141 Å². The van der Waals surface area contributed by atoms with Gasteiger partial charge in [-0.25, -0.2) is 14.4 Å². The topological polar surface area (TPSA) is 181 Å². The number of nitriles is 3. The van der Waals surface area contributed by atoms with Gasteiger partial charge in [0, 0.05) is 52.0 Å². The van der Waals surface area contributed by atoms with E-state index in [2.05, 4.69) is 64.6 Å². The molecule has 0 amide bonds. The Balaban J connectivity index is 1.45. The molecule has 0 saturated heterocycles. The van der Waals surface area contributed by atoms with Crippen LogP contribution >= 0.6 is 0 Å². The minimum Gasteiger partial charge on any atom is -0.496 e. The molecule has 0 fully saturated rings. The van der Waals surface area contributed by atoms with E-state index in [1.165, 1.54) is 0 Å². The third-order valence-electron chi connectivity index (χ3n) is 13.7. The number of nitrogens with zero attached hydrogens (tertiary/aromatic N) is 4. The van der Waals surface area contributed by atoms with E-state index < -0.39 is 17.9 Å². The molecule has 13 nitrogen and oxygen atoms in total. The van der Waals surface area contributed by atoms with Gasteiger partial charge in [0.15, 0.2) is 0 Å². The van der Waals surface area contributed by atoms with Crippen LogP contribution < -0.4 is 19.1 Å². The Bertz CT molecular complexity index is 2950. The zero-order chi connectivity index (χ0) is 57.7. The zero-order valence-corrected chi connectivity index (χ0v) is 47.7. The molecule has 0 N–H and O–H groups in total. The molecule has 3 aliphatic rings. The third kappa shape index (κ3) is 15.1. The van der Waals surface area contributed by atoms with E-state index in [4.69, 9.17) is 28.4 Å². The predicted octanol–water partition coefficient (Wildman–Crippen LogP) is 14.6. The molecular weight excluding hydrogens is 993 g/mol. The number of allylic oxidation sites excluding steroid dienone is 12. The number of esters is 3. The van der Waals surface area contributed by atoms with E-state index in [1.54, 1.807) is 42.1 Å². The van der Waals surface area contributed by atoms with E-state index in [0.717, 1.165) is 69.7 Å². The molecule has 410 valence electrons. The summed E-state index contributed by atoms with van der Waals surface area (Å²) < 4.78 is 33.9. The molecule has 0 spiro atoms. The second kappa shape index (κ2) is 26.2. The number of ether oxygens (including phenoxy) is 6. The van der Waals surface area contributed by atoms with Gasteiger partial charge in [-0.15, -0.1) is 0 Å². The van der Waals surface area contributed by atoms with Gasteiger partial charge in [-0.3, -0.25) is 0 Å². The Morgan fingerprint density at radius 3 is 0.949 bits per heavy atom. The highest BCUT2D eigenvalue weighted by atomic mass is 16.5. The van der Waals surface area contributed by atoms with E-state index in [0.29, 0.717) is 53.2 Å². The van der Waals surface area contributed by atoms with Gasteiger partial charge in [0.2, 0.25) is 0 Å². The molecule has 0 bridgehead atoms. The van der Waals surface area contributed by atoms with Crippen LogP contribution in [0.4, 0.5) is 17.1 Å². The highest BCUT2D eigenvalue weighted by Gasteiger charge is 2.32. The molecule has 13 heteroatoms. The van der Waals surface area contributed by atoms with Crippen molar-refractivity contribution in [1.29, 1.82) is 15.8 Å². The lowest BCUT2D eigenvalue weighted by Crippen LogP contribution is -2.19. The van der Waals surface area contributed by atoms with Crippen LogP contribution in [0.3, 0.4) is 0 Å². The van der Waals surface area contributed by atoms with Crippen molar-refractivity contribution in [3.63, 3.8) is 0 Å². The number of hydrogen-bond donors (Lipinski definition) is 0. The third-order valence-corrected chi connectivity index (χ3v) is 13.7. The number of anilines is 3. The van der Waals surface area contributed by atoms with Crippen molar-refractivity contribution in [3.05, 3.63) is 158 Å². The summed E-state index contributed by atoms with van der Waals surface area (Å²) in [6.45, 7) is 18.3. The van der Waals surface area contributed by atoms with Gasteiger partial charge in [0.25, 0.3) is 0 Å². The summed E-state index contributed by atoms with van der Waals surface area (Å²) in [7, 11) is 4.87. The average molecular weight is 1070 g/mol. The number of benzene rings is 3. The first-order valence-electron chi connectivity index (χ1n) is 26.6. The minimum atomic E-state index is -0.624. The van der Waals surface area contributed by atoms with Crippen LogP contribution in [-0.2, 0) is 28.6 Å². The van der Waals surface area contributed by atoms with E-state index in [9.17, 15) is 30.2 Å². The summed E-state index contributed by atoms with van der Waals surface area (Å²) >= 11 is 0. The van der Waals surface area contributed by atoms with Gasteiger partial charge >= 0.3 is 17.9 Å². The van der Waals surface area contributed by atoms with Crippen molar-refractivity contribution in [1.82, 2.24) is 0 Å². The quantitative estimate of drug-likeness (QED) is 0.0508. The molecule has 0 heterocycles. The van der Waals surface area contributed by atoms with Gasteiger partial charge < -0.3 is 33.3 Å². The molecule has 3 aliphatic carbocycles. The normalized spacial score (nSPS) is 18.4. The monoisotopic (exact) mass is 1060 g/mol.